The van der Waals surface area contributed by atoms with E-state index in [1.807, 2.05) is 84.9 Å². The molecule has 0 atom stereocenters. The molecule has 4 aromatic rings. The topological polar surface area (TPSA) is 121 Å². The van der Waals surface area contributed by atoms with Crippen LogP contribution in [0, 0.1) is 10.2 Å². The summed E-state index contributed by atoms with van der Waals surface area (Å²) in [6.45, 7) is 0. The molecule has 0 bridgehead atoms. The highest BCUT2D eigenvalue weighted by atomic mass is 35.7. The van der Waals surface area contributed by atoms with Crippen LogP contribution in [0.5, 0.6) is 0 Å². The third-order valence-electron chi connectivity index (χ3n) is 5.41. The van der Waals surface area contributed by atoms with Crippen LogP contribution >= 0.6 is 30.5 Å². The average molecular weight is 603 g/mol. The van der Waals surface area contributed by atoms with Crippen LogP contribution in [0.3, 0.4) is 0 Å². The molecule has 0 saturated heterocycles. The first-order valence-corrected chi connectivity index (χ1v) is 15.2. The molecule has 0 spiro atoms. The fourth-order valence-electron chi connectivity index (χ4n) is 3.94. The van der Waals surface area contributed by atoms with Crippen molar-refractivity contribution >= 4 is 58.4 Å². The predicted molar refractivity (Wildman–Crippen MR) is 147 cm³/mol. The zero-order valence-electron chi connectivity index (χ0n) is 20.3. The Balaban J connectivity index is 0.000000771. The second-order valence-corrected chi connectivity index (χ2v) is 12.9. The minimum absolute atomic E-state index is 0.0337. The number of amides is 1. The van der Waals surface area contributed by atoms with E-state index in [1.54, 1.807) is 6.08 Å². The molecule has 0 heterocycles. The second-order valence-electron chi connectivity index (χ2n) is 7.90. The van der Waals surface area contributed by atoms with Crippen molar-refractivity contribution in [1.29, 1.82) is 0 Å². The Morgan fingerprint density at radius 2 is 0.974 bits per heavy atom. The quantitative estimate of drug-likeness (QED) is 0.255. The van der Waals surface area contributed by atoms with E-state index in [0.29, 0.717) is 5.44 Å². The summed E-state index contributed by atoms with van der Waals surface area (Å²) in [6, 6.07) is 39.9. The third kappa shape index (κ3) is 8.73. The van der Waals surface area contributed by atoms with Gasteiger partial charge in [-0.3, -0.25) is 10.1 Å². The van der Waals surface area contributed by atoms with E-state index < -0.39 is 17.5 Å². The van der Waals surface area contributed by atoms with Crippen LogP contribution in [-0.2, 0) is 4.79 Å². The molecule has 0 aliphatic carbocycles. The average Bonchev–Trinajstić information content (AvgIpc) is 2.93. The van der Waals surface area contributed by atoms with Crippen molar-refractivity contribution in [2.75, 3.05) is 0 Å². The van der Waals surface area contributed by atoms with Crippen LogP contribution in [0.25, 0.3) is 6.08 Å². The van der Waals surface area contributed by atoms with Crippen molar-refractivity contribution < 1.29 is 33.7 Å². The highest BCUT2D eigenvalue weighted by Gasteiger charge is 2.52. The van der Waals surface area contributed by atoms with Crippen LogP contribution in [0.1, 0.15) is 5.56 Å². The highest BCUT2D eigenvalue weighted by molar-refractivity contribution is 7.99. The lowest BCUT2D eigenvalue weighted by atomic mass is 10.2. The van der Waals surface area contributed by atoms with E-state index >= 15 is 0 Å². The van der Waals surface area contributed by atoms with Crippen molar-refractivity contribution in [2.24, 2.45) is 0 Å². The Bertz CT molecular complexity index is 1290. The van der Waals surface area contributed by atoms with Gasteiger partial charge in [0.25, 0.3) is 5.91 Å². The van der Waals surface area contributed by atoms with Crippen LogP contribution < -0.4 is 39.9 Å². The summed E-state index contributed by atoms with van der Waals surface area (Å²) >= 11 is 13.1. The molecule has 0 radical (unpaired) electrons. The number of nitrogens with one attached hydrogen (secondary N) is 1. The van der Waals surface area contributed by atoms with E-state index in [2.05, 4.69) is 41.7 Å². The molecule has 1 N–H and O–H groups in total. The van der Waals surface area contributed by atoms with E-state index in [9.17, 15) is 4.79 Å². The minimum atomic E-state index is -4.94. The normalized spacial score (nSPS) is 11.3. The maximum Gasteiger partial charge on any atom is 0.250 e. The fourth-order valence-corrected chi connectivity index (χ4v) is 8.86. The van der Waals surface area contributed by atoms with E-state index in [4.69, 9.17) is 41.8 Å². The van der Waals surface area contributed by atoms with Crippen molar-refractivity contribution in [2.45, 2.75) is 0 Å². The van der Waals surface area contributed by atoms with E-state index in [1.165, 1.54) is 6.08 Å². The molecule has 0 aliphatic heterocycles. The number of halogens is 3. The molecule has 4 aromatic carbocycles. The Labute approximate surface area is 239 Å². The first-order valence-electron chi connectivity index (χ1n) is 11.4. The molecule has 0 fully saturated rings. The summed E-state index contributed by atoms with van der Waals surface area (Å²) in [5.41, 5.74) is 1.43. The molecule has 6 nitrogen and oxygen atoms in total. The minimum Gasteiger partial charge on any atom is -0.290 e. The van der Waals surface area contributed by atoms with Gasteiger partial charge in [-0.2, -0.15) is 0 Å². The van der Waals surface area contributed by atoms with Gasteiger partial charge in [0.15, 0.2) is 11.8 Å². The molecule has 4 rings (SSSR count). The highest BCUT2D eigenvalue weighted by Crippen LogP contribution is 2.62. The summed E-state index contributed by atoms with van der Waals surface area (Å²) in [7, 11) is -7.56. The Morgan fingerprint density at radius 3 is 1.31 bits per heavy atom. The monoisotopic (exact) mass is 601 g/mol. The molecule has 10 heteroatoms. The van der Waals surface area contributed by atoms with Crippen molar-refractivity contribution in [3.63, 3.8) is 0 Å². The molecule has 0 unspecified atom stereocenters. The first-order chi connectivity index (χ1) is 18.6. The second kappa shape index (κ2) is 14.4. The Kier molecular flexibility index (Phi) is 11.3. The van der Waals surface area contributed by atoms with Gasteiger partial charge in [0.2, 0.25) is 5.44 Å². The largest absolute Gasteiger partial charge is 0.290 e. The van der Waals surface area contributed by atoms with Gasteiger partial charge < -0.3 is 0 Å². The number of hydrogen-bond acceptors (Lipinski definition) is 5. The number of benzene rings is 4. The number of carbonyl (C=O) groups excluding carboxylic acids is 1. The first kappa shape index (κ1) is 30.5. The van der Waals surface area contributed by atoms with Gasteiger partial charge in [-0.1, -0.05) is 108 Å². The maximum atomic E-state index is 13.1. The molecule has 1 amide bonds. The summed E-state index contributed by atoms with van der Waals surface area (Å²) in [5, 5.41) is 6.17. The van der Waals surface area contributed by atoms with Crippen LogP contribution in [0.2, 0.25) is 0 Å². The fraction of sp³-hybridized carbons (Fsp3) is 0. The zero-order valence-corrected chi connectivity index (χ0v) is 23.5. The molecule has 0 aromatic heterocycles. The SMILES string of the molecule is O=C(/C=C/c1ccccc1)NC(=C(Cl)Cl)[P+](c1ccccc1)(c1ccccc1)c1ccccc1.[O-][Cl+3]([O-])([O-])[O-]. The Hall–Kier alpha value is -3.03. The molecule has 200 valence electrons. The molecule has 0 saturated carbocycles. The van der Waals surface area contributed by atoms with Gasteiger partial charge in [-0.25, -0.2) is 18.6 Å². The number of carbonyl (C=O) groups is 1. The van der Waals surface area contributed by atoms with Gasteiger partial charge in [-0.05, 0) is 48.0 Å². The van der Waals surface area contributed by atoms with Crippen molar-refractivity contribution in [1.82, 2.24) is 5.32 Å². The number of rotatable bonds is 7. The van der Waals surface area contributed by atoms with Gasteiger partial charge in [-0.15, -0.1) is 10.2 Å². The lowest BCUT2D eigenvalue weighted by Gasteiger charge is -2.29. The zero-order chi connectivity index (χ0) is 28.3. The third-order valence-corrected chi connectivity index (χ3v) is 10.3. The van der Waals surface area contributed by atoms with Crippen molar-refractivity contribution in [3.05, 3.63) is 143 Å². The van der Waals surface area contributed by atoms with Gasteiger partial charge in [0.1, 0.15) is 15.9 Å². The molecule has 39 heavy (non-hydrogen) atoms. The standard InChI is InChI=1S/C29H22Cl2NOP.ClHO4/c30-28(31)29(32-27(33)22-21-23-13-5-1-6-14-23)34(24-15-7-2-8-16-24,25-17-9-3-10-18-25)26-19-11-4-12-20-26;2-1(3,4)5/h1-22H;(H,2,3,4,5)/b22-21+;. The summed E-state index contributed by atoms with van der Waals surface area (Å²) in [5.74, 6) is -0.301. The Morgan fingerprint density at radius 1 is 0.641 bits per heavy atom. The van der Waals surface area contributed by atoms with Gasteiger partial charge >= 0.3 is 0 Å². The summed E-state index contributed by atoms with van der Waals surface area (Å²) in [6.07, 6.45) is 3.27. The predicted octanol–water partition coefficient (Wildman–Crippen LogP) is 1.66. The van der Waals surface area contributed by atoms with Crippen LogP contribution in [0.15, 0.2) is 137 Å². The van der Waals surface area contributed by atoms with Crippen LogP contribution in [-0.4, -0.2) is 5.91 Å². The molecular weight excluding hydrogens is 580 g/mol. The lowest BCUT2D eigenvalue weighted by molar-refractivity contribution is -2.00. The van der Waals surface area contributed by atoms with Gasteiger partial charge in [0, 0.05) is 6.08 Å². The summed E-state index contributed by atoms with van der Waals surface area (Å²) < 4.78 is 34.0. The smallest absolute Gasteiger partial charge is 0.250 e. The lowest BCUT2D eigenvalue weighted by Crippen LogP contribution is -2.68. The molecular formula is C29H23Cl3NO5P. The van der Waals surface area contributed by atoms with Crippen molar-refractivity contribution in [3.8, 4) is 0 Å². The van der Waals surface area contributed by atoms with Gasteiger partial charge in [0.05, 0.1) is 0 Å². The van der Waals surface area contributed by atoms with E-state index in [-0.39, 0.29) is 10.4 Å². The maximum absolute atomic E-state index is 13.1. The molecule has 0 aliphatic rings. The number of hydrogen-bond donors (Lipinski definition) is 1. The summed E-state index contributed by atoms with van der Waals surface area (Å²) in [4.78, 5) is 13.1. The van der Waals surface area contributed by atoms with E-state index in [0.717, 1.165) is 21.5 Å². The van der Waals surface area contributed by atoms with Crippen LogP contribution in [0.4, 0.5) is 0 Å².